The minimum Gasteiger partial charge on any atom is -0.392 e. The first-order chi connectivity index (χ1) is 10.1. The van der Waals surface area contributed by atoms with E-state index in [1.54, 1.807) is 24.4 Å². The van der Waals surface area contributed by atoms with Gasteiger partial charge in [-0.2, -0.15) is 0 Å². The Kier molecular flexibility index (Phi) is 5.47. The van der Waals surface area contributed by atoms with Gasteiger partial charge in [0.2, 0.25) is 0 Å². The Morgan fingerprint density at radius 3 is 2.81 bits per heavy atom. The van der Waals surface area contributed by atoms with Gasteiger partial charge in [0, 0.05) is 16.7 Å². The Bertz CT molecular complexity index is 680. The van der Waals surface area contributed by atoms with Crippen molar-refractivity contribution in [2.45, 2.75) is 11.5 Å². The lowest BCUT2D eigenvalue weighted by Crippen LogP contribution is -2.14. The van der Waals surface area contributed by atoms with Crippen LogP contribution in [0.5, 0.6) is 0 Å². The number of benzene rings is 1. The normalized spacial score (nSPS) is 10.5. The molecule has 0 fully saturated rings. The van der Waals surface area contributed by atoms with Gasteiger partial charge in [-0.15, -0.1) is 11.8 Å². The Hall–Kier alpha value is -1.27. The first-order valence-corrected chi connectivity index (χ1v) is 7.93. The van der Waals surface area contributed by atoms with E-state index in [-0.39, 0.29) is 17.5 Å². The van der Waals surface area contributed by atoms with Crippen LogP contribution in [0.2, 0.25) is 10.0 Å². The Labute approximate surface area is 136 Å². The average Bonchev–Trinajstić information content (AvgIpc) is 2.47. The molecular weight excluding hydrogens is 331 g/mol. The molecule has 2 N–H and O–H groups in total. The maximum atomic E-state index is 12.3. The molecule has 0 aliphatic heterocycles. The van der Waals surface area contributed by atoms with E-state index in [9.17, 15) is 9.90 Å². The number of pyridine rings is 1. The van der Waals surface area contributed by atoms with Gasteiger partial charge in [0.25, 0.3) is 5.91 Å². The van der Waals surface area contributed by atoms with Gasteiger partial charge >= 0.3 is 0 Å². The molecule has 0 aliphatic carbocycles. The minimum atomic E-state index is -0.380. The van der Waals surface area contributed by atoms with Crippen molar-refractivity contribution in [3.05, 3.63) is 51.8 Å². The highest BCUT2D eigenvalue weighted by Gasteiger charge is 2.15. The van der Waals surface area contributed by atoms with E-state index in [0.717, 1.165) is 4.90 Å². The van der Waals surface area contributed by atoms with Gasteiger partial charge in [0.1, 0.15) is 0 Å². The maximum absolute atomic E-state index is 12.3. The molecule has 0 atom stereocenters. The predicted octanol–water partition coefficient (Wildman–Crippen LogP) is 3.85. The standard InChI is InChI=1S/C14H12Cl2N2O2S/c1-21-13-4-9(10(15)5-11(13)16)14(20)18-12-6-17-3-2-8(12)7-19/h2-6,19H,7H2,1H3,(H,18,20). The van der Waals surface area contributed by atoms with Crippen LogP contribution in [-0.4, -0.2) is 22.3 Å². The summed E-state index contributed by atoms with van der Waals surface area (Å²) in [6.45, 7) is -0.192. The lowest BCUT2D eigenvalue weighted by Gasteiger charge is -2.11. The fourth-order valence-electron chi connectivity index (χ4n) is 1.72. The van der Waals surface area contributed by atoms with Crippen molar-refractivity contribution in [3.63, 3.8) is 0 Å². The van der Waals surface area contributed by atoms with Gasteiger partial charge in [0.05, 0.1) is 34.1 Å². The number of hydrogen-bond acceptors (Lipinski definition) is 4. The average molecular weight is 343 g/mol. The topological polar surface area (TPSA) is 62.2 Å². The highest BCUT2D eigenvalue weighted by molar-refractivity contribution is 7.98. The van der Waals surface area contributed by atoms with E-state index in [2.05, 4.69) is 10.3 Å². The second-order valence-corrected chi connectivity index (χ2v) is 5.77. The molecule has 21 heavy (non-hydrogen) atoms. The highest BCUT2D eigenvalue weighted by atomic mass is 35.5. The fourth-order valence-corrected chi connectivity index (χ4v) is 2.91. The number of rotatable bonds is 4. The molecule has 0 saturated carbocycles. The smallest absolute Gasteiger partial charge is 0.257 e. The van der Waals surface area contributed by atoms with Crippen molar-refractivity contribution in [3.8, 4) is 0 Å². The molecule has 1 heterocycles. The lowest BCUT2D eigenvalue weighted by atomic mass is 10.2. The van der Waals surface area contributed by atoms with Crippen molar-refractivity contribution < 1.29 is 9.90 Å². The Morgan fingerprint density at radius 2 is 2.14 bits per heavy atom. The third-order valence-electron chi connectivity index (χ3n) is 2.82. The van der Waals surface area contributed by atoms with Crippen molar-refractivity contribution in [1.29, 1.82) is 0 Å². The van der Waals surface area contributed by atoms with E-state index in [1.165, 1.54) is 18.0 Å². The molecule has 0 unspecified atom stereocenters. The van der Waals surface area contributed by atoms with Crippen LogP contribution in [0.15, 0.2) is 35.5 Å². The lowest BCUT2D eigenvalue weighted by molar-refractivity contribution is 0.102. The van der Waals surface area contributed by atoms with E-state index in [0.29, 0.717) is 21.8 Å². The molecule has 0 bridgehead atoms. The number of nitrogens with zero attached hydrogens (tertiary/aromatic N) is 1. The molecule has 1 aromatic carbocycles. The van der Waals surface area contributed by atoms with Gasteiger partial charge in [-0.25, -0.2) is 0 Å². The summed E-state index contributed by atoms with van der Waals surface area (Å²) < 4.78 is 0. The number of carbonyl (C=O) groups excluding carboxylic acids is 1. The first kappa shape index (κ1) is 16.1. The van der Waals surface area contributed by atoms with Gasteiger partial charge < -0.3 is 10.4 Å². The summed E-state index contributed by atoms with van der Waals surface area (Å²) in [5.41, 5.74) is 1.34. The summed E-state index contributed by atoms with van der Waals surface area (Å²) in [6, 6.07) is 4.81. The van der Waals surface area contributed by atoms with Crippen LogP contribution in [0.25, 0.3) is 0 Å². The number of halogens is 2. The molecule has 1 amide bonds. The van der Waals surface area contributed by atoms with Crippen molar-refractivity contribution in [2.75, 3.05) is 11.6 Å². The van der Waals surface area contributed by atoms with Crippen molar-refractivity contribution in [2.24, 2.45) is 0 Å². The molecule has 1 aromatic heterocycles. The molecule has 7 heteroatoms. The van der Waals surface area contributed by atoms with E-state index in [4.69, 9.17) is 23.2 Å². The monoisotopic (exact) mass is 342 g/mol. The van der Waals surface area contributed by atoms with Gasteiger partial charge in [-0.3, -0.25) is 9.78 Å². The number of aliphatic hydroxyl groups is 1. The zero-order valence-corrected chi connectivity index (χ0v) is 13.4. The molecule has 2 rings (SSSR count). The van der Waals surface area contributed by atoms with Crippen LogP contribution in [0.1, 0.15) is 15.9 Å². The van der Waals surface area contributed by atoms with Crippen LogP contribution in [0, 0.1) is 0 Å². The van der Waals surface area contributed by atoms with Gasteiger partial charge in [-0.1, -0.05) is 23.2 Å². The largest absolute Gasteiger partial charge is 0.392 e. The molecule has 0 saturated heterocycles. The number of aliphatic hydroxyl groups excluding tert-OH is 1. The second-order valence-electron chi connectivity index (χ2n) is 4.11. The van der Waals surface area contributed by atoms with E-state index < -0.39 is 0 Å². The van der Waals surface area contributed by atoms with E-state index >= 15 is 0 Å². The number of carbonyl (C=O) groups is 1. The number of thioether (sulfide) groups is 1. The number of amides is 1. The Balaban J connectivity index is 2.32. The van der Waals surface area contributed by atoms with Gasteiger partial charge in [0.15, 0.2) is 0 Å². The third-order valence-corrected chi connectivity index (χ3v) is 4.33. The van der Waals surface area contributed by atoms with Gasteiger partial charge in [-0.05, 0) is 24.5 Å². The van der Waals surface area contributed by atoms with Crippen molar-refractivity contribution >= 4 is 46.6 Å². The van der Waals surface area contributed by atoms with Crippen LogP contribution in [-0.2, 0) is 6.61 Å². The minimum absolute atomic E-state index is 0.192. The molecule has 4 nitrogen and oxygen atoms in total. The first-order valence-electron chi connectivity index (χ1n) is 5.95. The molecule has 0 aliphatic rings. The summed E-state index contributed by atoms with van der Waals surface area (Å²) in [6.07, 6.45) is 4.88. The predicted molar refractivity (Wildman–Crippen MR) is 86.4 cm³/mol. The summed E-state index contributed by atoms with van der Waals surface area (Å²) in [5.74, 6) is -0.380. The third kappa shape index (κ3) is 3.68. The Morgan fingerprint density at radius 1 is 1.38 bits per heavy atom. The number of nitrogens with one attached hydrogen (secondary N) is 1. The number of aromatic nitrogens is 1. The fraction of sp³-hybridized carbons (Fsp3) is 0.143. The maximum Gasteiger partial charge on any atom is 0.257 e. The van der Waals surface area contributed by atoms with Crippen molar-refractivity contribution in [1.82, 2.24) is 4.98 Å². The molecule has 2 aromatic rings. The molecule has 110 valence electrons. The quantitative estimate of drug-likeness (QED) is 0.828. The van der Waals surface area contributed by atoms with Crippen LogP contribution in [0.3, 0.4) is 0 Å². The van der Waals surface area contributed by atoms with Crippen LogP contribution < -0.4 is 5.32 Å². The van der Waals surface area contributed by atoms with E-state index in [1.807, 2.05) is 6.26 Å². The van der Waals surface area contributed by atoms with Crippen LogP contribution in [0.4, 0.5) is 5.69 Å². The summed E-state index contributed by atoms with van der Waals surface area (Å²) in [4.78, 5) is 17.0. The summed E-state index contributed by atoms with van der Waals surface area (Å²) in [5, 5.41) is 12.7. The SMILES string of the molecule is CSc1cc(C(=O)Nc2cnccc2CO)c(Cl)cc1Cl. The number of anilines is 1. The number of hydrogen-bond donors (Lipinski definition) is 2. The molecule has 0 spiro atoms. The second kappa shape index (κ2) is 7.13. The molecule has 0 radical (unpaired) electrons. The summed E-state index contributed by atoms with van der Waals surface area (Å²) >= 11 is 13.5. The molecular formula is C14H12Cl2N2O2S. The zero-order valence-electron chi connectivity index (χ0n) is 11.1. The van der Waals surface area contributed by atoms with Crippen LogP contribution >= 0.6 is 35.0 Å². The zero-order chi connectivity index (χ0) is 15.4. The summed E-state index contributed by atoms with van der Waals surface area (Å²) in [7, 11) is 0. The highest BCUT2D eigenvalue weighted by Crippen LogP contribution is 2.31.